The van der Waals surface area contributed by atoms with Crippen LogP contribution in [0, 0.1) is 6.92 Å². The van der Waals surface area contributed by atoms with Crippen LogP contribution in [-0.2, 0) is 11.2 Å². The molecule has 0 atom stereocenters. The number of carboxylic acids is 1. The van der Waals surface area contributed by atoms with E-state index in [9.17, 15) is 9.90 Å². The van der Waals surface area contributed by atoms with Crippen LogP contribution in [0.15, 0.2) is 22.6 Å². The van der Waals surface area contributed by atoms with Crippen molar-refractivity contribution >= 4 is 17.1 Å². The quantitative estimate of drug-likeness (QED) is 0.688. The molecule has 14 heavy (non-hydrogen) atoms. The van der Waals surface area contributed by atoms with Gasteiger partial charge < -0.3 is 14.3 Å². The molecule has 0 aliphatic carbocycles. The average Bonchev–Trinajstić information content (AvgIpc) is 2.42. The zero-order chi connectivity index (χ0) is 10.1. The summed E-state index contributed by atoms with van der Waals surface area (Å²) in [6, 6.07) is 5.11. The largest absolute Gasteiger partial charge is 0.550 e. The molecule has 0 radical (unpaired) electrons. The van der Waals surface area contributed by atoms with Crippen LogP contribution in [0.3, 0.4) is 0 Å². The number of carbonyl (C=O) groups excluding carboxylic acids is 1. The van der Waals surface area contributed by atoms with Crippen LogP contribution in [0.2, 0.25) is 0 Å². The van der Waals surface area contributed by atoms with Crippen molar-refractivity contribution in [1.82, 2.24) is 4.98 Å². The molecule has 0 spiro atoms. The molecule has 0 bridgehead atoms. The lowest BCUT2D eigenvalue weighted by Crippen LogP contribution is -2.24. The molecular formula is C10H8NO3-. The Labute approximate surface area is 80.2 Å². The molecule has 2 rings (SSSR count). The fraction of sp³-hybridized carbons (Fsp3) is 0.200. The third kappa shape index (κ3) is 1.59. The summed E-state index contributed by atoms with van der Waals surface area (Å²) in [5.74, 6) is -0.518. The molecule has 72 valence electrons. The van der Waals surface area contributed by atoms with Crippen LogP contribution < -0.4 is 5.11 Å². The predicted octanol–water partition coefficient (Wildman–Crippen LogP) is 0.429. The van der Waals surface area contributed by atoms with Crippen molar-refractivity contribution in [1.29, 1.82) is 0 Å². The lowest BCUT2D eigenvalue weighted by molar-refractivity contribution is -0.304. The number of hydrogen-bond donors (Lipinski definition) is 0. The summed E-state index contributed by atoms with van der Waals surface area (Å²) in [5.41, 5.74) is 2.02. The Morgan fingerprint density at radius 2 is 2.36 bits per heavy atom. The first kappa shape index (κ1) is 8.74. The minimum Gasteiger partial charge on any atom is -0.550 e. The number of carbonyl (C=O) groups is 1. The Hall–Kier alpha value is -1.84. The van der Waals surface area contributed by atoms with E-state index in [1.165, 1.54) is 0 Å². The first-order valence-electron chi connectivity index (χ1n) is 4.21. The van der Waals surface area contributed by atoms with Gasteiger partial charge >= 0.3 is 0 Å². The molecule has 4 heteroatoms. The summed E-state index contributed by atoms with van der Waals surface area (Å²) in [6.07, 6.45) is -0.0954. The zero-order valence-corrected chi connectivity index (χ0v) is 7.61. The number of fused-ring (bicyclic) bond motifs is 1. The summed E-state index contributed by atoms with van der Waals surface area (Å²) in [5, 5.41) is 10.4. The summed E-state index contributed by atoms with van der Waals surface area (Å²) >= 11 is 0. The predicted molar refractivity (Wildman–Crippen MR) is 47.5 cm³/mol. The van der Waals surface area contributed by atoms with Gasteiger partial charge in [-0.3, -0.25) is 0 Å². The average molecular weight is 190 g/mol. The Morgan fingerprint density at radius 3 is 3.07 bits per heavy atom. The van der Waals surface area contributed by atoms with Crippen molar-refractivity contribution in [2.75, 3.05) is 0 Å². The fourth-order valence-electron chi connectivity index (χ4n) is 1.36. The van der Waals surface area contributed by atoms with Crippen LogP contribution >= 0.6 is 0 Å². The maximum absolute atomic E-state index is 10.4. The SMILES string of the molecule is Cc1nc2cc(CC(=O)[O-])ccc2o1. The van der Waals surface area contributed by atoms with E-state index in [-0.39, 0.29) is 6.42 Å². The molecule has 0 fully saturated rings. The zero-order valence-electron chi connectivity index (χ0n) is 7.61. The van der Waals surface area contributed by atoms with E-state index in [1.807, 2.05) is 0 Å². The highest BCUT2D eigenvalue weighted by atomic mass is 16.4. The normalized spacial score (nSPS) is 10.6. The van der Waals surface area contributed by atoms with Gasteiger partial charge in [0, 0.05) is 19.3 Å². The molecule has 0 saturated carbocycles. The van der Waals surface area contributed by atoms with Gasteiger partial charge in [-0.15, -0.1) is 0 Å². The topological polar surface area (TPSA) is 66.2 Å². The number of aromatic nitrogens is 1. The van der Waals surface area contributed by atoms with Gasteiger partial charge in [0.2, 0.25) is 0 Å². The first-order chi connectivity index (χ1) is 6.65. The number of aliphatic carboxylic acids is 1. The molecule has 0 N–H and O–H groups in total. The summed E-state index contributed by atoms with van der Waals surface area (Å²) in [6.45, 7) is 1.75. The lowest BCUT2D eigenvalue weighted by Gasteiger charge is -2.00. The number of carboxylic acid groups (broad SMARTS) is 1. The maximum atomic E-state index is 10.4. The van der Waals surface area contributed by atoms with Gasteiger partial charge in [0.1, 0.15) is 5.52 Å². The van der Waals surface area contributed by atoms with Crippen molar-refractivity contribution in [3.05, 3.63) is 29.7 Å². The minimum atomic E-state index is -1.09. The van der Waals surface area contributed by atoms with Crippen LogP contribution in [0.5, 0.6) is 0 Å². The minimum absolute atomic E-state index is 0.0954. The van der Waals surface area contributed by atoms with E-state index in [0.29, 0.717) is 22.6 Å². The van der Waals surface area contributed by atoms with Crippen LogP contribution in [-0.4, -0.2) is 11.0 Å². The van der Waals surface area contributed by atoms with E-state index in [2.05, 4.69) is 4.98 Å². The number of oxazole rings is 1. The van der Waals surface area contributed by atoms with E-state index in [1.54, 1.807) is 25.1 Å². The number of aryl methyl sites for hydroxylation is 1. The van der Waals surface area contributed by atoms with Gasteiger partial charge in [-0.25, -0.2) is 4.98 Å². The molecule has 0 saturated heterocycles. The van der Waals surface area contributed by atoms with Gasteiger partial charge in [0.15, 0.2) is 11.5 Å². The number of benzene rings is 1. The molecule has 0 amide bonds. The second-order valence-corrected chi connectivity index (χ2v) is 3.08. The molecule has 1 heterocycles. The third-order valence-electron chi connectivity index (χ3n) is 1.91. The van der Waals surface area contributed by atoms with Crippen molar-refractivity contribution in [3.8, 4) is 0 Å². The molecule has 0 aliphatic rings. The molecule has 2 aromatic rings. The number of hydrogen-bond acceptors (Lipinski definition) is 4. The van der Waals surface area contributed by atoms with Crippen LogP contribution in [0.1, 0.15) is 11.5 Å². The second kappa shape index (κ2) is 3.14. The monoisotopic (exact) mass is 190 g/mol. The highest BCUT2D eigenvalue weighted by Crippen LogP contribution is 2.16. The molecule has 4 nitrogen and oxygen atoms in total. The van der Waals surface area contributed by atoms with Gasteiger partial charge in [-0.2, -0.15) is 0 Å². The Bertz CT molecular complexity index is 487. The van der Waals surface area contributed by atoms with E-state index >= 15 is 0 Å². The van der Waals surface area contributed by atoms with Gasteiger partial charge in [0.25, 0.3) is 0 Å². The first-order valence-corrected chi connectivity index (χ1v) is 4.21. The molecule has 1 aromatic carbocycles. The van der Waals surface area contributed by atoms with Crippen molar-refractivity contribution in [2.24, 2.45) is 0 Å². The number of rotatable bonds is 2. The molecular weight excluding hydrogens is 182 g/mol. The molecule has 0 unspecified atom stereocenters. The van der Waals surface area contributed by atoms with Crippen molar-refractivity contribution < 1.29 is 14.3 Å². The maximum Gasteiger partial charge on any atom is 0.192 e. The Balaban J connectivity index is 2.45. The van der Waals surface area contributed by atoms with Crippen molar-refractivity contribution in [3.63, 3.8) is 0 Å². The van der Waals surface area contributed by atoms with Gasteiger partial charge in [-0.1, -0.05) is 6.07 Å². The Morgan fingerprint density at radius 1 is 1.57 bits per heavy atom. The standard InChI is InChI=1S/C10H9NO3/c1-6-11-8-4-7(5-10(12)13)2-3-9(8)14-6/h2-4H,5H2,1H3,(H,12,13)/p-1. The second-order valence-electron chi connectivity index (χ2n) is 3.08. The summed E-state index contributed by atoms with van der Waals surface area (Å²) < 4.78 is 5.25. The molecule has 1 aromatic heterocycles. The Kier molecular flexibility index (Phi) is 1.96. The van der Waals surface area contributed by atoms with E-state index < -0.39 is 5.97 Å². The molecule has 0 aliphatic heterocycles. The van der Waals surface area contributed by atoms with E-state index in [4.69, 9.17) is 4.42 Å². The van der Waals surface area contributed by atoms with Gasteiger partial charge in [-0.05, 0) is 17.7 Å². The highest BCUT2D eigenvalue weighted by Gasteiger charge is 2.02. The summed E-state index contributed by atoms with van der Waals surface area (Å²) in [4.78, 5) is 14.5. The van der Waals surface area contributed by atoms with Gasteiger partial charge in [0.05, 0.1) is 0 Å². The van der Waals surface area contributed by atoms with E-state index in [0.717, 1.165) is 0 Å². The van der Waals surface area contributed by atoms with Crippen LogP contribution in [0.4, 0.5) is 0 Å². The third-order valence-corrected chi connectivity index (χ3v) is 1.91. The highest BCUT2D eigenvalue weighted by molar-refractivity contribution is 5.76. The summed E-state index contributed by atoms with van der Waals surface area (Å²) in [7, 11) is 0. The fourth-order valence-corrected chi connectivity index (χ4v) is 1.36. The number of nitrogens with zero attached hydrogens (tertiary/aromatic N) is 1. The smallest absolute Gasteiger partial charge is 0.192 e. The van der Waals surface area contributed by atoms with Crippen LogP contribution in [0.25, 0.3) is 11.1 Å². The lowest BCUT2D eigenvalue weighted by atomic mass is 10.1. The van der Waals surface area contributed by atoms with Crippen molar-refractivity contribution in [2.45, 2.75) is 13.3 Å².